The fraction of sp³-hybridized carbons (Fsp3) is 0.929. The molecule has 2 fully saturated rings. The SMILES string of the molecule is CC1(C)CCCN(CC(=O)N2CCNCC2)CC1. The van der Waals surface area contributed by atoms with Crippen LogP contribution in [0.1, 0.15) is 33.1 Å². The van der Waals surface area contributed by atoms with Gasteiger partial charge in [0.25, 0.3) is 0 Å². The number of rotatable bonds is 2. The monoisotopic (exact) mass is 253 g/mol. The average molecular weight is 253 g/mol. The number of hydrogen-bond donors (Lipinski definition) is 1. The number of carbonyl (C=O) groups excluding carboxylic acids is 1. The quantitative estimate of drug-likeness (QED) is 0.795. The van der Waals surface area contributed by atoms with Crippen LogP contribution in [0.25, 0.3) is 0 Å². The minimum atomic E-state index is 0.316. The van der Waals surface area contributed by atoms with E-state index >= 15 is 0 Å². The van der Waals surface area contributed by atoms with Crippen LogP contribution in [0, 0.1) is 5.41 Å². The van der Waals surface area contributed by atoms with Crippen LogP contribution < -0.4 is 5.32 Å². The molecule has 0 bridgehead atoms. The average Bonchev–Trinajstić information content (AvgIpc) is 2.52. The van der Waals surface area contributed by atoms with Crippen molar-refractivity contribution in [3.8, 4) is 0 Å². The van der Waals surface area contributed by atoms with E-state index < -0.39 is 0 Å². The summed E-state index contributed by atoms with van der Waals surface area (Å²) in [7, 11) is 0. The number of nitrogens with zero attached hydrogens (tertiary/aromatic N) is 2. The summed E-state index contributed by atoms with van der Waals surface area (Å²) in [4.78, 5) is 16.5. The molecule has 2 aliphatic heterocycles. The second kappa shape index (κ2) is 6.02. The van der Waals surface area contributed by atoms with Crippen LogP contribution in [-0.4, -0.2) is 61.5 Å². The van der Waals surface area contributed by atoms with Crippen molar-refractivity contribution in [1.82, 2.24) is 15.1 Å². The van der Waals surface area contributed by atoms with Crippen molar-refractivity contribution in [1.29, 1.82) is 0 Å². The molecule has 0 aliphatic carbocycles. The van der Waals surface area contributed by atoms with Gasteiger partial charge >= 0.3 is 0 Å². The van der Waals surface area contributed by atoms with Crippen molar-refractivity contribution in [3.05, 3.63) is 0 Å². The Kier molecular flexibility index (Phi) is 4.62. The Labute approximate surface area is 111 Å². The van der Waals surface area contributed by atoms with Crippen LogP contribution >= 0.6 is 0 Å². The van der Waals surface area contributed by atoms with Crippen LogP contribution in [0.15, 0.2) is 0 Å². The van der Waals surface area contributed by atoms with Gasteiger partial charge in [0.2, 0.25) is 5.91 Å². The molecule has 2 aliphatic rings. The predicted octanol–water partition coefficient (Wildman–Crippen LogP) is 0.930. The van der Waals surface area contributed by atoms with Crippen LogP contribution in [-0.2, 0) is 4.79 Å². The van der Waals surface area contributed by atoms with E-state index in [-0.39, 0.29) is 0 Å². The van der Waals surface area contributed by atoms with E-state index in [1.807, 2.05) is 4.90 Å². The maximum atomic E-state index is 12.2. The molecular weight excluding hydrogens is 226 g/mol. The van der Waals surface area contributed by atoms with Crippen molar-refractivity contribution >= 4 is 5.91 Å². The van der Waals surface area contributed by atoms with E-state index in [4.69, 9.17) is 0 Å². The standard InChI is InChI=1S/C14H27N3O/c1-14(2)4-3-8-16(9-5-14)12-13(18)17-10-6-15-7-11-17/h15H,3-12H2,1-2H3. The summed E-state index contributed by atoms with van der Waals surface area (Å²) in [6, 6.07) is 0. The highest BCUT2D eigenvalue weighted by atomic mass is 16.2. The molecule has 4 heteroatoms. The van der Waals surface area contributed by atoms with Gasteiger partial charge in [-0.3, -0.25) is 9.69 Å². The molecule has 0 spiro atoms. The Morgan fingerprint density at radius 3 is 2.56 bits per heavy atom. The summed E-state index contributed by atoms with van der Waals surface area (Å²) in [5.41, 5.74) is 0.451. The maximum Gasteiger partial charge on any atom is 0.236 e. The number of carbonyl (C=O) groups is 1. The Morgan fingerprint density at radius 1 is 1.11 bits per heavy atom. The summed E-state index contributed by atoms with van der Waals surface area (Å²) in [5.74, 6) is 0.316. The summed E-state index contributed by atoms with van der Waals surface area (Å²) in [6.45, 7) is 11.1. The molecule has 2 heterocycles. The number of likely N-dealkylation sites (tertiary alicyclic amines) is 1. The smallest absolute Gasteiger partial charge is 0.236 e. The van der Waals surface area contributed by atoms with Crippen molar-refractivity contribution in [2.75, 3.05) is 45.8 Å². The molecule has 0 atom stereocenters. The predicted molar refractivity (Wildman–Crippen MR) is 73.5 cm³/mol. The lowest BCUT2D eigenvalue weighted by Crippen LogP contribution is -2.49. The first-order valence-corrected chi connectivity index (χ1v) is 7.28. The highest BCUT2D eigenvalue weighted by Crippen LogP contribution is 2.29. The van der Waals surface area contributed by atoms with Gasteiger partial charge in [0.15, 0.2) is 0 Å². The van der Waals surface area contributed by atoms with E-state index in [0.717, 1.165) is 39.3 Å². The van der Waals surface area contributed by atoms with Gasteiger partial charge in [-0.15, -0.1) is 0 Å². The molecule has 0 saturated carbocycles. The van der Waals surface area contributed by atoms with Gasteiger partial charge in [0.1, 0.15) is 0 Å². The van der Waals surface area contributed by atoms with E-state index in [9.17, 15) is 4.79 Å². The molecule has 2 rings (SSSR count). The zero-order valence-corrected chi connectivity index (χ0v) is 11.9. The van der Waals surface area contributed by atoms with E-state index in [1.54, 1.807) is 0 Å². The van der Waals surface area contributed by atoms with E-state index in [1.165, 1.54) is 19.3 Å². The number of piperazine rings is 1. The van der Waals surface area contributed by atoms with Crippen molar-refractivity contribution < 1.29 is 4.79 Å². The normalized spacial score (nSPS) is 25.8. The summed E-state index contributed by atoms with van der Waals surface area (Å²) in [5, 5.41) is 3.29. The van der Waals surface area contributed by atoms with E-state index in [2.05, 4.69) is 24.1 Å². The molecule has 0 aromatic rings. The third-order valence-electron chi connectivity index (χ3n) is 4.26. The molecule has 2 saturated heterocycles. The summed E-state index contributed by atoms with van der Waals surface area (Å²) in [6.07, 6.45) is 3.72. The molecule has 104 valence electrons. The fourth-order valence-electron chi connectivity index (χ4n) is 2.84. The van der Waals surface area contributed by atoms with Gasteiger partial charge in [-0.05, 0) is 37.8 Å². The first kappa shape index (κ1) is 13.8. The number of nitrogens with one attached hydrogen (secondary N) is 1. The van der Waals surface area contributed by atoms with Crippen LogP contribution in [0.5, 0.6) is 0 Å². The minimum Gasteiger partial charge on any atom is -0.339 e. The Morgan fingerprint density at radius 2 is 1.83 bits per heavy atom. The molecule has 18 heavy (non-hydrogen) atoms. The zero-order valence-electron chi connectivity index (χ0n) is 11.9. The van der Waals surface area contributed by atoms with Crippen molar-refractivity contribution in [3.63, 3.8) is 0 Å². The van der Waals surface area contributed by atoms with Gasteiger partial charge in [-0.1, -0.05) is 13.8 Å². The van der Waals surface area contributed by atoms with Gasteiger partial charge in [0.05, 0.1) is 6.54 Å². The highest BCUT2D eigenvalue weighted by molar-refractivity contribution is 5.78. The van der Waals surface area contributed by atoms with Gasteiger partial charge in [-0.2, -0.15) is 0 Å². The lowest BCUT2D eigenvalue weighted by atomic mass is 9.85. The van der Waals surface area contributed by atoms with E-state index in [0.29, 0.717) is 17.9 Å². The number of hydrogen-bond acceptors (Lipinski definition) is 3. The Bertz CT molecular complexity index is 285. The molecule has 0 radical (unpaired) electrons. The largest absolute Gasteiger partial charge is 0.339 e. The second-order valence-corrected chi connectivity index (χ2v) is 6.42. The van der Waals surface area contributed by atoms with Crippen LogP contribution in [0.4, 0.5) is 0 Å². The van der Waals surface area contributed by atoms with Crippen LogP contribution in [0.3, 0.4) is 0 Å². The summed E-state index contributed by atoms with van der Waals surface area (Å²) < 4.78 is 0. The summed E-state index contributed by atoms with van der Waals surface area (Å²) >= 11 is 0. The molecule has 4 nitrogen and oxygen atoms in total. The van der Waals surface area contributed by atoms with Gasteiger partial charge in [0, 0.05) is 26.2 Å². The molecule has 0 unspecified atom stereocenters. The Balaban J connectivity index is 1.79. The minimum absolute atomic E-state index is 0.316. The topological polar surface area (TPSA) is 35.6 Å². The van der Waals surface area contributed by atoms with Gasteiger partial charge < -0.3 is 10.2 Å². The maximum absolute atomic E-state index is 12.2. The molecule has 1 N–H and O–H groups in total. The van der Waals surface area contributed by atoms with Gasteiger partial charge in [-0.25, -0.2) is 0 Å². The molecule has 0 aromatic carbocycles. The highest BCUT2D eigenvalue weighted by Gasteiger charge is 2.25. The van der Waals surface area contributed by atoms with Crippen molar-refractivity contribution in [2.45, 2.75) is 33.1 Å². The Hall–Kier alpha value is -0.610. The van der Waals surface area contributed by atoms with Crippen LogP contribution in [0.2, 0.25) is 0 Å². The fourth-order valence-corrected chi connectivity index (χ4v) is 2.84. The zero-order chi connectivity index (χ0) is 13.0. The number of amides is 1. The molecule has 0 aromatic heterocycles. The first-order chi connectivity index (χ1) is 8.57. The molecular formula is C14H27N3O. The third kappa shape index (κ3) is 3.95. The third-order valence-corrected chi connectivity index (χ3v) is 4.26. The lowest BCUT2D eigenvalue weighted by Gasteiger charge is -2.30. The lowest BCUT2D eigenvalue weighted by molar-refractivity contribution is -0.133. The van der Waals surface area contributed by atoms with Crippen molar-refractivity contribution in [2.24, 2.45) is 5.41 Å². The second-order valence-electron chi connectivity index (χ2n) is 6.42. The first-order valence-electron chi connectivity index (χ1n) is 7.28. The molecule has 1 amide bonds.